The van der Waals surface area contributed by atoms with Crippen LogP contribution in [0.2, 0.25) is 0 Å². The summed E-state index contributed by atoms with van der Waals surface area (Å²) in [5.74, 6) is -0.694. The van der Waals surface area contributed by atoms with Gasteiger partial charge in [-0.1, -0.05) is 266 Å². The maximum Gasteiger partial charge on any atom is 0.472 e. The van der Waals surface area contributed by atoms with E-state index < -0.39 is 97.5 Å². The number of rotatable bonds is 63. The minimum absolute atomic E-state index is 0.102. The van der Waals surface area contributed by atoms with Crippen molar-refractivity contribution >= 4 is 39.5 Å². The van der Waals surface area contributed by atoms with Gasteiger partial charge in [0.25, 0.3) is 0 Å². The molecule has 0 fully saturated rings. The number of hydrogen-bond acceptors (Lipinski definition) is 15. The molecule has 0 amide bonds. The minimum Gasteiger partial charge on any atom is -0.462 e. The Bertz CT molecular complexity index is 1630. The molecule has 0 aromatic rings. The van der Waals surface area contributed by atoms with E-state index >= 15 is 0 Å². The molecule has 3 N–H and O–H groups in total. The fourth-order valence-corrected chi connectivity index (χ4v) is 11.1. The lowest BCUT2D eigenvalue weighted by molar-refractivity contribution is -0.161. The summed E-state index contributed by atoms with van der Waals surface area (Å²) >= 11 is 0. The zero-order valence-corrected chi connectivity index (χ0v) is 55.3. The topological polar surface area (TPSA) is 237 Å². The van der Waals surface area contributed by atoms with Crippen molar-refractivity contribution < 1.29 is 80.2 Å². The first kappa shape index (κ1) is 81.1. The van der Waals surface area contributed by atoms with Crippen molar-refractivity contribution in [2.24, 2.45) is 11.8 Å². The molecule has 5 atom stereocenters. The van der Waals surface area contributed by atoms with E-state index in [1.54, 1.807) is 0 Å². The average molecular weight is 1230 g/mol. The third-order valence-electron chi connectivity index (χ3n) is 14.7. The number of aliphatic hydroxyl groups is 1. The Hall–Kier alpha value is -1.94. The third-order valence-corrected chi connectivity index (χ3v) is 16.6. The van der Waals surface area contributed by atoms with Gasteiger partial charge in [-0.05, 0) is 37.5 Å². The Balaban J connectivity index is 5.21. The predicted molar refractivity (Wildman–Crippen MR) is 331 cm³/mol. The lowest BCUT2D eigenvalue weighted by Gasteiger charge is -2.21. The summed E-state index contributed by atoms with van der Waals surface area (Å²) in [5.41, 5.74) is 0. The lowest BCUT2D eigenvalue weighted by atomic mass is 10.0. The van der Waals surface area contributed by atoms with Gasteiger partial charge in [0.2, 0.25) is 0 Å². The molecule has 492 valence electrons. The number of carbonyl (C=O) groups excluding carboxylic acids is 4. The van der Waals surface area contributed by atoms with E-state index in [2.05, 4.69) is 41.5 Å². The Morgan fingerprint density at radius 1 is 0.325 bits per heavy atom. The molecule has 83 heavy (non-hydrogen) atoms. The number of aliphatic hydroxyl groups excluding tert-OH is 1. The second-order valence-electron chi connectivity index (χ2n) is 24.1. The van der Waals surface area contributed by atoms with Gasteiger partial charge in [0.05, 0.1) is 26.4 Å². The van der Waals surface area contributed by atoms with Crippen LogP contribution in [0.25, 0.3) is 0 Å². The average Bonchev–Trinajstić information content (AvgIpc) is 3.45. The molecule has 0 spiro atoms. The van der Waals surface area contributed by atoms with Crippen LogP contribution in [0.1, 0.15) is 318 Å². The largest absolute Gasteiger partial charge is 0.472 e. The van der Waals surface area contributed by atoms with Gasteiger partial charge in [-0.3, -0.25) is 37.3 Å². The van der Waals surface area contributed by atoms with E-state index in [4.69, 9.17) is 37.0 Å². The Kier molecular flexibility index (Phi) is 55.2. The quantitative estimate of drug-likeness (QED) is 0.0222. The Labute approximate surface area is 505 Å². The van der Waals surface area contributed by atoms with Crippen LogP contribution in [0.5, 0.6) is 0 Å². The summed E-state index contributed by atoms with van der Waals surface area (Å²) in [4.78, 5) is 72.1. The van der Waals surface area contributed by atoms with Crippen LogP contribution in [-0.4, -0.2) is 96.7 Å². The van der Waals surface area contributed by atoms with Crippen molar-refractivity contribution in [3.05, 3.63) is 0 Å². The molecule has 0 rings (SSSR count). The lowest BCUT2D eigenvalue weighted by Crippen LogP contribution is -2.30. The number of unbranched alkanes of at least 4 members (excludes halogenated alkanes) is 33. The highest BCUT2D eigenvalue weighted by atomic mass is 31.2. The second kappa shape index (κ2) is 56.6. The van der Waals surface area contributed by atoms with Gasteiger partial charge in [-0.15, -0.1) is 0 Å². The standard InChI is InChI=1S/C64H124O17P2/c1-7-9-11-13-15-16-17-21-24-28-35-41-47-62(67)75-53-59(80-63(68)48-42-36-29-25-22-19-18-20-23-27-32-38-44-56(3)4)54-78-82(70,71)76-50-58(65)51-77-83(72,73)79-55-60(52-74-61(66)46-40-34-26-14-12-10-8-2)81-64(69)49-43-37-31-30-33-39-45-57(5)6/h56-60,65H,7-55H2,1-6H3,(H,70,71)(H,72,73)/t58-,59-,60-/m1/s1. The summed E-state index contributed by atoms with van der Waals surface area (Å²) < 4.78 is 67.9. The summed E-state index contributed by atoms with van der Waals surface area (Å²) in [7, 11) is -9.88. The smallest absolute Gasteiger partial charge is 0.462 e. The highest BCUT2D eigenvalue weighted by Gasteiger charge is 2.30. The summed E-state index contributed by atoms with van der Waals surface area (Å²) in [6.45, 7) is 9.37. The molecule has 0 aliphatic heterocycles. The molecule has 0 aliphatic carbocycles. The molecule has 0 aromatic heterocycles. The molecule has 0 aliphatic rings. The minimum atomic E-state index is -4.94. The first-order chi connectivity index (χ1) is 39.9. The van der Waals surface area contributed by atoms with Crippen LogP contribution >= 0.6 is 15.6 Å². The van der Waals surface area contributed by atoms with E-state index in [1.165, 1.54) is 122 Å². The zero-order chi connectivity index (χ0) is 61.5. The number of phosphoric ester groups is 2. The first-order valence-corrected chi connectivity index (χ1v) is 36.5. The van der Waals surface area contributed by atoms with Crippen LogP contribution in [0, 0.1) is 11.8 Å². The summed E-state index contributed by atoms with van der Waals surface area (Å²) in [6, 6.07) is 0. The van der Waals surface area contributed by atoms with Crippen molar-refractivity contribution in [3.8, 4) is 0 Å². The number of hydrogen-bond donors (Lipinski definition) is 3. The second-order valence-corrected chi connectivity index (χ2v) is 27.0. The maximum atomic E-state index is 13.0. The van der Waals surface area contributed by atoms with Crippen LogP contribution in [0.15, 0.2) is 0 Å². The monoisotopic (exact) mass is 1230 g/mol. The normalized spacial score (nSPS) is 14.3. The van der Waals surface area contributed by atoms with Crippen molar-refractivity contribution in [2.75, 3.05) is 39.6 Å². The molecule has 0 heterocycles. The van der Waals surface area contributed by atoms with Crippen LogP contribution in [-0.2, 0) is 65.4 Å². The molecule has 0 saturated carbocycles. The molecule has 0 aromatic carbocycles. The molecule has 17 nitrogen and oxygen atoms in total. The molecule has 0 bridgehead atoms. The van der Waals surface area contributed by atoms with Crippen molar-refractivity contribution in [1.82, 2.24) is 0 Å². The summed E-state index contributed by atoms with van der Waals surface area (Å²) in [6.07, 6.45) is 39.2. The van der Waals surface area contributed by atoms with Gasteiger partial charge >= 0.3 is 39.5 Å². The molecule has 2 unspecified atom stereocenters. The molecule has 0 radical (unpaired) electrons. The van der Waals surface area contributed by atoms with E-state index in [1.807, 2.05) is 0 Å². The highest BCUT2D eigenvalue weighted by molar-refractivity contribution is 7.47. The number of esters is 4. The zero-order valence-electron chi connectivity index (χ0n) is 53.5. The van der Waals surface area contributed by atoms with E-state index in [0.29, 0.717) is 31.6 Å². The van der Waals surface area contributed by atoms with Gasteiger partial charge in [0.1, 0.15) is 19.3 Å². The number of ether oxygens (including phenoxy) is 4. The molecular weight excluding hydrogens is 1100 g/mol. The van der Waals surface area contributed by atoms with Crippen LogP contribution < -0.4 is 0 Å². The van der Waals surface area contributed by atoms with Crippen LogP contribution in [0.3, 0.4) is 0 Å². The van der Waals surface area contributed by atoms with E-state index in [-0.39, 0.29) is 25.7 Å². The highest BCUT2D eigenvalue weighted by Crippen LogP contribution is 2.45. The SMILES string of the molecule is CCCCCCCCCCCCCCC(=O)OC[C@H](COP(=O)(O)OC[C@@H](O)COP(=O)(O)OC[C@@H](COC(=O)CCCCCCCCC)OC(=O)CCCCCCCCC(C)C)OC(=O)CCCCCCCCCCCCCCC(C)C. The van der Waals surface area contributed by atoms with Crippen LogP contribution in [0.4, 0.5) is 0 Å². The van der Waals surface area contributed by atoms with E-state index in [0.717, 1.165) is 109 Å². The van der Waals surface area contributed by atoms with E-state index in [9.17, 15) is 43.2 Å². The fraction of sp³-hybridized carbons (Fsp3) is 0.938. The van der Waals surface area contributed by atoms with Gasteiger partial charge in [-0.2, -0.15) is 0 Å². The van der Waals surface area contributed by atoms with Gasteiger partial charge < -0.3 is 33.8 Å². The first-order valence-electron chi connectivity index (χ1n) is 33.5. The Morgan fingerprint density at radius 2 is 0.554 bits per heavy atom. The molecule has 19 heteroatoms. The van der Waals surface area contributed by atoms with Crippen molar-refractivity contribution in [3.63, 3.8) is 0 Å². The predicted octanol–water partition coefficient (Wildman–Crippen LogP) is 17.7. The van der Waals surface area contributed by atoms with Crippen molar-refractivity contribution in [1.29, 1.82) is 0 Å². The van der Waals surface area contributed by atoms with Gasteiger partial charge in [-0.25, -0.2) is 9.13 Å². The number of phosphoric acid groups is 2. The molecule has 0 saturated heterocycles. The maximum absolute atomic E-state index is 13.0. The van der Waals surface area contributed by atoms with Gasteiger partial charge in [0.15, 0.2) is 12.2 Å². The fourth-order valence-electron chi connectivity index (χ4n) is 9.53. The van der Waals surface area contributed by atoms with Crippen molar-refractivity contribution in [2.45, 2.75) is 336 Å². The Morgan fingerprint density at radius 3 is 0.819 bits per heavy atom. The number of carbonyl (C=O) groups is 4. The molecular formula is C64H124O17P2. The van der Waals surface area contributed by atoms with Gasteiger partial charge in [0, 0.05) is 25.7 Å². The third kappa shape index (κ3) is 58.8. The summed E-state index contributed by atoms with van der Waals surface area (Å²) in [5, 5.41) is 10.5.